The average molecular weight is 251 g/mol. The lowest BCUT2D eigenvalue weighted by Gasteiger charge is -2.17. The number of ether oxygens (including phenoxy) is 2. The summed E-state index contributed by atoms with van der Waals surface area (Å²) in [7, 11) is 1.66. The van der Waals surface area contributed by atoms with Gasteiger partial charge in [-0.2, -0.15) is 0 Å². The van der Waals surface area contributed by atoms with Crippen LogP contribution in [0.2, 0.25) is 0 Å². The maximum Gasteiger partial charge on any atom is 0.163 e. The number of anilines is 1. The molecule has 0 aliphatic carbocycles. The quantitative estimate of drug-likeness (QED) is 0.755. The SMILES string of the molecule is CCCCC(C)Nc1ccc(OC)c(OCC)c1. The molecule has 0 heterocycles. The molecule has 0 aromatic heterocycles. The Morgan fingerprint density at radius 3 is 2.61 bits per heavy atom. The van der Waals surface area contributed by atoms with Crippen molar-refractivity contribution in [3.8, 4) is 11.5 Å². The summed E-state index contributed by atoms with van der Waals surface area (Å²) in [4.78, 5) is 0. The molecule has 1 N–H and O–H groups in total. The van der Waals surface area contributed by atoms with E-state index in [4.69, 9.17) is 9.47 Å². The summed E-state index contributed by atoms with van der Waals surface area (Å²) in [5.41, 5.74) is 1.09. The number of unbranched alkanes of at least 4 members (excludes halogenated alkanes) is 1. The highest BCUT2D eigenvalue weighted by Crippen LogP contribution is 2.30. The Balaban J connectivity index is 2.68. The first-order valence-corrected chi connectivity index (χ1v) is 6.78. The summed E-state index contributed by atoms with van der Waals surface area (Å²) >= 11 is 0. The molecule has 3 heteroatoms. The van der Waals surface area contributed by atoms with Crippen molar-refractivity contribution in [2.24, 2.45) is 0 Å². The highest BCUT2D eigenvalue weighted by molar-refractivity contribution is 5.55. The van der Waals surface area contributed by atoms with Gasteiger partial charge in [0.2, 0.25) is 0 Å². The Morgan fingerprint density at radius 1 is 1.22 bits per heavy atom. The zero-order valence-corrected chi connectivity index (χ0v) is 12.0. The van der Waals surface area contributed by atoms with E-state index in [2.05, 4.69) is 19.2 Å². The van der Waals surface area contributed by atoms with Gasteiger partial charge >= 0.3 is 0 Å². The maximum absolute atomic E-state index is 5.57. The van der Waals surface area contributed by atoms with E-state index in [0.29, 0.717) is 12.6 Å². The van der Waals surface area contributed by atoms with Crippen LogP contribution in [0.3, 0.4) is 0 Å². The largest absolute Gasteiger partial charge is 0.493 e. The predicted octanol–water partition coefficient (Wildman–Crippen LogP) is 4.08. The zero-order chi connectivity index (χ0) is 13.4. The molecule has 3 nitrogen and oxygen atoms in total. The fourth-order valence-corrected chi connectivity index (χ4v) is 1.90. The van der Waals surface area contributed by atoms with Gasteiger partial charge < -0.3 is 14.8 Å². The topological polar surface area (TPSA) is 30.5 Å². The van der Waals surface area contributed by atoms with Gasteiger partial charge in [0, 0.05) is 17.8 Å². The molecule has 1 unspecified atom stereocenters. The molecule has 0 fully saturated rings. The summed E-state index contributed by atoms with van der Waals surface area (Å²) in [5, 5.41) is 3.49. The van der Waals surface area contributed by atoms with Gasteiger partial charge in [-0.25, -0.2) is 0 Å². The van der Waals surface area contributed by atoms with E-state index in [9.17, 15) is 0 Å². The van der Waals surface area contributed by atoms with Crippen molar-refractivity contribution >= 4 is 5.69 Å². The second-order valence-electron chi connectivity index (χ2n) is 4.49. The van der Waals surface area contributed by atoms with Crippen LogP contribution in [0.4, 0.5) is 5.69 Å². The van der Waals surface area contributed by atoms with Crippen molar-refractivity contribution < 1.29 is 9.47 Å². The van der Waals surface area contributed by atoms with Crippen LogP contribution in [0, 0.1) is 0 Å². The molecule has 0 amide bonds. The summed E-state index contributed by atoms with van der Waals surface area (Å²) in [6, 6.07) is 6.46. The lowest BCUT2D eigenvalue weighted by molar-refractivity contribution is 0.311. The third kappa shape index (κ3) is 4.47. The van der Waals surface area contributed by atoms with Gasteiger partial charge in [0.05, 0.1) is 13.7 Å². The van der Waals surface area contributed by atoms with Crippen molar-refractivity contribution in [2.45, 2.75) is 46.1 Å². The number of hydrogen-bond donors (Lipinski definition) is 1. The number of hydrogen-bond acceptors (Lipinski definition) is 3. The molecular formula is C15H25NO2. The molecule has 0 radical (unpaired) electrons. The van der Waals surface area contributed by atoms with Gasteiger partial charge in [0.25, 0.3) is 0 Å². The van der Waals surface area contributed by atoms with Crippen molar-refractivity contribution in [1.82, 2.24) is 0 Å². The molecule has 1 atom stereocenters. The average Bonchev–Trinajstić information content (AvgIpc) is 2.37. The van der Waals surface area contributed by atoms with E-state index in [1.54, 1.807) is 7.11 Å². The minimum Gasteiger partial charge on any atom is -0.493 e. The Morgan fingerprint density at radius 2 is 2.00 bits per heavy atom. The van der Waals surface area contributed by atoms with Crippen molar-refractivity contribution in [3.05, 3.63) is 18.2 Å². The normalized spacial score (nSPS) is 12.0. The van der Waals surface area contributed by atoms with E-state index in [1.807, 2.05) is 25.1 Å². The molecule has 0 aliphatic heterocycles. The molecule has 0 bridgehead atoms. The molecule has 102 valence electrons. The third-order valence-corrected chi connectivity index (χ3v) is 2.87. The molecule has 1 aromatic carbocycles. The Labute approximate surface area is 110 Å². The molecule has 0 saturated carbocycles. The summed E-state index contributed by atoms with van der Waals surface area (Å²) < 4.78 is 10.8. The number of nitrogens with one attached hydrogen (secondary N) is 1. The van der Waals surface area contributed by atoms with Gasteiger partial charge in [-0.1, -0.05) is 19.8 Å². The van der Waals surface area contributed by atoms with E-state index in [1.165, 1.54) is 19.3 Å². The zero-order valence-electron chi connectivity index (χ0n) is 12.0. The fourth-order valence-electron chi connectivity index (χ4n) is 1.90. The van der Waals surface area contributed by atoms with E-state index >= 15 is 0 Å². The van der Waals surface area contributed by atoms with Gasteiger partial charge in [0.15, 0.2) is 11.5 Å². The van der Waals surface area contributed by atoms with Crippen LogP contribution >= 0.6 is 0 Å². The Kier molecular flexibility index (Phi) is 6.40. The van der Waals surface area contributed by atoms with Gasteiger partial charge in [-0.3, -0.25) is 0 Å². The van der Waals surface area contributed by atoms with Crippen LogP contribution < -0.4 is 14.8 Å². The van der Waals surface area contributed by atoms with E-state index in [-0.39, 0.29) is 0 Å². The van der Waals surface area contributed by atoms with Crippen LogP contribution in [-0.2, 0) is 0 Å². The van der Waals surface area contributed by atoms with Crippen LogP contribution in [0.15, 0.2) is 18.2 Å². The second-order valence-corrected chi connectivity index (χ2v) is 4.49. The lowest BCUT2D eigenvalue weighted by Crippen LogP contribution is -2.14. The van der Waals surface area contributed by atoms with E-state index < -0.39 is 0 Å². The molecule has 1 aromatic rings. The van der Waals surface area contributed by atoms with E-state index in [0.717, 1.165) is 17.2 Å². The van der Waals surface area contributed by atoms with Gasteiger partial charge in [-0.15, -0.1) is 0 Å². The first-order chi connectivity index (χ1) is 8.71. The minimum absolute atomic E-state index is 0.479. The monoisotopic (exact) mass is 251 g/mol. The third-order valence-electron chi connectivity index (χ3n) is 2.87. The summed E-state index contributed by atoms with van der Waals surface area (Å²) in [6.45, 7) is 7.04. The van der Waals surface area contributed by atoms with Crippen LogP contribution in [0.1, 0.15) is 40.0 Å². The molecule has 1 rings (SSSR count). The smallest absolute Gasteiger partial charge is 0.163 e. The number of methoxy groups -OCH3 is 1. The Bertz CT molecular complexity index is 352. The maximum atomic E-state index is 5.57. The first kappa shape index (κ1) is 14.7. The van der Waals surface area contributed by atoms with Gasteiger partial charge in [0.1, 0.15) is 0 Å². The van der Waals surface area contributed by atoms with Crippen LogP contribution in [0.25, 0.3) is 0 Å². The first-order valence-electron chi connectivity index (χ1n) is 6.78. The highest BCUT2D eigenvalue weighted by Gasteiger charge is 2.07. The van der Waals surface area contributed by atoms with Crippen LogP contribution in [-0.4, -0.2) is 19.8 Å². The molecule has 0 saturated heterocycles. The second kappa shape index (κ2) is 7.85. The van der Waals surface area contributed by atoms with Crippen molar-refractivity contribution in [1.29, 1.82) is 0 Å². The fraction of sp³-hybridized carbons (Fsp3) is 0.600. The highest BCUT2D eigenvalue weighted by atomic mass is 16.5. The number of rotatable bonds is 8. The standard InChI is InChI=1S/C15H25NO2/c1-5-7-8-12(3)16-13-9-10-14(17-4)15(11-13)18-6-2/h9-12,16H,5-8H2,1-4H3. The molecule has 0 aliphatic rings. The molecular weight excluding hydrogens is 226 g/mol. The van der Waals surface area contributed by atoms with Crippen molar-refractivity contribution in [3.63, 3.8) is 0 Å². The predicted molar refractivity (Wildman–Crippen MR) is 76.8 cm³/mol. The summed E-state index contributed by atoms with van der Waals surface area (Å²) in [5.74, 6) is 1.58. The Hall–Kier alpha value is -1.38. The lowest BCUT2D eigenvalue weighted by atomic mass is 10.1. The molecule has 18 heavy (non-hydrogen) atoms. The number of benzene rings is 1. The summed E-state index contributed by atoms with van der Waals surface area (Å²) in [6.07, 6.45) is 3.67. The minimum atomic E-state index is 0.479. The van der Waals surface area contributed by atoms with Crippen molar-refractivity contribution in [2.75, 3.05) is 19.0 Å². The van der Waals surface area contributed by atoms with Gasteiger partial charge in [-0.05, 0) is 32.4 Å². The molecule has 0 spiro atoms. The van der Waals surface area contributed by atoms with Crippen LogP contribution in [0.5, 0.6) is 11.5 Å².